The zero-order chi connectivity index (χ0) is 19.1. The fourth-order valence-corrected chi connectivity index (χ4v) is 2.85. The van der Waals surface area contributed by atoms with Crippen LogP contribution in [0, 0.1) is 0 Å². The van der Waals surface area contributed by atoms with Crippen molar-refractivity contribution in [3.05, 3.63) is 71.5 Å². The van der Waals surface area contributed by atoms with Crippen LogP contribution in [0.25, 0.3) is 5.69 Å². The zero-order valence-corrected chi connectivity index (χ0v) is 15.7. The van der Waals surface area contributed by atoms with Gasteiger partial charge in [0.05, 0.1) is 12.3 Å². The Bertz CT molecular complexity index is 873. The lowest BCUT2D eigenvalue weighted by molar-refractivity contribution is 0.101. The third kappa shape index (κ3) is 4.60. The standard InChI is InChI=1S/C21H24N4O2/c1-3-4-8-16-11-13-17(14-12-16)22-21(26)20-19(15-27-2)25(24-23-20)18-9-6-5-7-10-18/h5-7,9-14H,3-4,8,15H2,1-2H3,(H,22,26). The topological polar surface area (TPSA) is 69.0 Å². The summed E-state index contributed by atoms with van der Waals surface area (Å²) in [7, 11) is 1.58. The zero-order valence-electron chi connectivity index (χ0n) is 15.7. The Morgan fingerprint density at radius 2 is 1.85 bits per heavy atom. The fraction of sp³-hybridized carbons (Fsp3) is 0.286. The number of benzene rings is 2. The Labute approximate surface area is 159 Å². The molecule has 0 atom stereocenters. The van der Waals surface area contributed by atoms with Crippen molar-refractivity contribution < 1.29 is 9.53 Å². The minimum atomic E-state index is -0.300. The normalized spacial score (nSPS) is 10.7. The molecule has 0 aliphatic heterocycles. The lowest BCUT2D eigenvalue weighted by Gasteiger charge is -2.08. The second kappa shape index (κ2) is 9.09. The molecule has 0 radical (unpaired) electrons. The van der Waals surface area contributed by atoms with Gasteiger partial charge >= 0.3 is 0 Å². The van der Waals surface area contributed by atoms with Gasteiger partial charge in [0, 0.05) is 12.8 Å². The largest absolute Gasteiger partial charge is 0.378 e. The molecule has 0 aliphatic carbocycles. The van der Waals surface area contributed by atoms with E-state index in [1.165, 1.54) is 5.56 Å². The molecule has 1 amide bonds. The molecule has 27 heavy (non-hydrogen) atoms. The first-order chi connectivity index (χ1) is 13.2. The summed E-state index contributed by atoms with van der Waals surface area (Å²) < 4.78 is 6.89. The van der Waals surface area contributed by atoms with Gasteiger partial charge in [-0.05, 0) is 42.7 Å². The van der Waals surface area contributed by atoms with Gasteiger partial charge in [0.2, 0.25) is 0 Å². The molecule has 0 spiro atoms. The van der Waals surface area contributed by atoms with Crippen LogP contribution in [0.3, 0.4) is 0 Å². The predicted octanol–water partition coefficient (Wildman–Crippen LogP) is 4.01. The molecule has 3 aromatic rings. The number of unbranched alkanes of at least 4 members (excludes halogenated alkanes) is 1. The fourth-order valence-electron chi connectivity index (χ4n) is 2.85. The number of nitrogens with zero attached hydrogens (tertiary/aromatic N) is 3. The number of methoxy groups -OCH3 is 1. The minimum Gasteiger partial charge on any atom is -0.378 e. The Morgan fingerprint density at radius 3 is 2.52 bits per heavy atom. The van der Waals surface area contributed by atoms with Gasteiger partial charge in [-0.3, -0.25) is 4.79 Å². The van der Waals surface area contributed by atoms with Gasteiger partial charge in [-0.25, -0.2) is 4.68 Å². The highest BCUT2D eigenvalue weighted by molar-refractivity contribution is 6.03. The first-order valence-corrected chi connectivity index (χ1v) is 9.12. The average molecular weight is 364 g/mol. The van der Waals surface area contributed by atoms with E-state index in [1.807, 2.05) is 54.6 Å². The Morgan fingerprint density at radius 1 is 1.11 bits per heavy atom. The van der Waals surface area contributed by atoms with E-state index in [0.29, 0.717) is 5.69 Å². The number of aryl methyl sites for hydroxylation is 1. The number of hydrogen-bond donors (Lipinski definition) is 1. The van der Waals surface area contributed by atoms with Gasteiger partial charge in [-0.2, -0.15) is 0 Å². The number of nitrogens with one attached hydrogen (secondary N) is 1. The molecule has 0 aliphatic rings. The lowest BCUT2D eigenvalue weighted by atomic mass is 10.1. The first-order valence-electron chi connectivity index (χ1n) is 9.12. The van der Waals surface area contributed by atoms with Crippen LogP contribution in [0.15, 0.2) is 54.6 Å². The molecular weight excluding hydrogens is 340 g/mol. The van der Waals surface area contributed by atoms with Crippen LogP contribution in [0.5, 0.6) is 0 Å². The highest BCUT2D eigenvalue weighted by Crippen LogP contribution is 2.17. The number of amides is 1. The molecule has 0 fully saturated rings. The van der Waals surface area contributed by atoms with E-state index in [-0.39, 0.29) is 18.2 Å². The molecule has 2 aromatic carbocycles. The smallest absolute Gasteiger partial charge is 0.278 e. The number of hydrogen-bond acceptors (Lipinski definition) is 4. The number of rotatable bonds is 8. The van der Waals surface area contributed by atoms with E-state index < -0.39 is 0 Å². The van der Waals surface area contributed by atoms with Crippen LogP contribution in [0.1, 0.15) is 41.5 Å². The van der Waals surface area contributed by atoms with E-state index in [4.69, 9.17) is 4.74 Å². The molecule has 1 aromatic heterocycles. The maximum atomic E-state index is 12.7. The van der Waals surface area contributed by atoms with Crippen LogP contribution >= 0.6 is 0 Å². The summed E-state index contributed by atoms with van der Waals surface area (Å²) in [5.74, 6) is -0.300. The lowest BCUT2D eigenvalue weighted by Crippen LogP contribution is -2.16. The SMILES string of the molecule is CCCCc1ccc(NC(=O)c2nnn(-c3ccccc3)c2COC)cc1. The van der Waals surface area contributed by atoms with Gasteiger partial charge in [0.1, 0.15) is 5.69 Å². The van der Waals surface area contributed by atoms with Crippen LogP contribution in [0.2, 0.25) is 0 Å². The van der Waals surface area contributed by atoms with Crippen molar-refractivity contribution in [2.24, 2.45) is 0 Å². The molecule has 3 rings (SSSR count). The third-order valence-electron chi connectivity index (χ3n) is 4.29. The monoisotopic (exact) mass is 364 g/mol. The maximum absolute atomic E-state index is 12.7. The summed E-state index contributed by atoms with van der Waals surface area (Å²) in [6.07, 6.45) is 3.38. The molecule has 0 saturated heterocycles. The Kier molecular flexibility index (Phi) is 6.33. The van der Waals surface area contributed by atoms with Crippen molar-refractivity contribution in [3.8, 4) is 5.69 Å². The molecule has 1 N–H and O–H groups in total. The molecule has 0 bridgehead atoms. The average Bonchev–Trinajstić information content (AvgIpc) is 3.12. The van der Waals surface area contributed by atoms with E-state index >= 15 is 0 Å². The van der Waals surface area contributed by atoms with Crippen LogP contribution in [-0.2, 0) is 17.8 Å². The molecular formula is C21H24N4O2. The highest BCUT2D eigenvalue weighted by Gasteiger charge is 2.20. The second-order valence-corrected chi connectivity index (χ2v) is 6.32. The number of para-hydroxylation sites is 1. The van der Waals surface area contributed by atoms with Crippen LogP contribution in [-0.4, -0.2) is 28.0 Å². The van der Waals surface area contributed by atoms with Crippen molar-refractivity contribution in [2.75, 3.05) is 12.4 Å². The van der Waals surface area contributed by atoms with Crippen molar-refractivity contribution in [2.45, 2.75) is 32.8 Å². The Hall–Kier alpha value is -2.99. The third-order valence-corrected chi connectivity index (χ3v) is 4.29. The molecule has 6 nitrogen and oxygen atoms in total. The summed E-state index contributed by atoms with van der Waals surface area (Å²) in [5.41, 5.74) is 3.70. The number of anilines is 1. The summed E-state index contributed by atoms with van der Waals surface area (Å²) in [4.78, 5) is 12.7. The van der Waals surface area contributed by atoms with Gasteiger partial charge in [0.15, 0.2) is 5.69 Å². The first kappa shape index (κ1) is 18.8. The summed E-state index contributed by atoms with van der Waals surface area (Å²) >= 11 is 0. The second-order valence-electron chi connectivity index (χ2n) is 6.32. The van der Waals surface area contributed by atoms with Crippen LogP contribution in [0.4, 0.5) is 5.69 Å². The molecule has 0 unspecified atom stereocenters. The van der Waals surface area contributed by atoms with Gasteiger partial charge in [0.25, 0.3) is 5.91 Å². The Balaban J connectivity index is 1.79. The minimum absolute atomic E-state index is 0.237. The summed E-state index contributed by atoms with van der Waals surface area (Å²) in [5, 5.41) is 11.1. The number of carbonyl (C=O) groups excluding carboxylic acids is 1. The quantitative estimate of drug-likeness (QED) is 0.656. The van der Waals surface area contributed by atoms with Crippen molar-refractivity contribution in [1.29, 1.82) is 0 Å². The van der Waals surface area contributed by atoms with Gasteiger partial charge in [-0.1, -0.05) is 48.9 Å². The van der Waals surface area contributed by atoms with Gasteiger partial charge in [-0.15, -0.1) is 5.10 Å². The number of aromatic nitrogens is 3. The summed E-state index contributed by atoms with van der Waals surface area (Å²) in [6.45, 7) is 2.41. The summed E-state index contributed by atoms with van der Waals surface area (Å²) in [6, 6.07) is 17.5. The van der Waals surface area contributed by atoms with E-state index in [0.717, 1.165) is 30.6 Å². The van der Waals surface area contributed by atoms with Crippen molar-refractivity contribution >= 4 is 11.6 Å². The maximum Gasteiger partial charge on any atom is 0.278 e. The van der Waals surface area contributed by atoms with E-state index in [2.05, 4.69) is 22.6 Å². The van der Waals surface area contributed by atoms with E-state index in [1.54, 1.807) is 11.8 Å². The van der Waals surface area contributed by atoms with Gasteiger partial charge < -0.3 is 10.1 Å². The van der Waals surface area contributed by atoms with Crippen molar-refractivity contribution in [3.63, 3.8) is 0 Å². The number of ether oxygens (including phenoxy) is 1. The van der Waals surface area contributed by atoms with Crippen LogP contribution < -0.4 is 5.32 Å². The predicted molar refractivity (Wildman–Crippen MR) is 105 cm³/mol. The molecule has 0 saturated carbocycles. The highest BCUT2D eigenvalue weighted by atomic mass is 16.5. The van der Waals surface area contributed by atoms with Crippen molar-refractivity contribution in [1.82, 2.24) is 15.0 Å². The number of carbonyl (C=O) groups is 1. The molecule has 6 heteroatoms. The molecule has 140 valence electrons. The molecule has 1 heterocycles. The van der Waals surface area contributed by atoms with E-state index in [9.17, 15) is 4.79 Å².